The van der Waals surface area contributed by atoms with Gasteiger partial charge in [-0.25, -0.2) is 4.98 Å². The Morgan fingerprint density at radius 3 is 2.67 bits per heavy atom. The number of hydrogen-bond acceptors (Lipinski definition) is 6. The number of benzene rings is 1. The minimum atomic E-state index is -0.531. The van der Waals surface area contributed by atoms with Crippen LogP contribution in [0.25, 0.3) is 22.3 Å². The molecule has 0 radical (unpaired) electrons. The first-order chi connectivity index (χ1) is 14.6. The zero-order valence-electron chi connectivity index (χ0n) is 16.6. The fourth-order valence-electron chi connectivity index (χ4n) is 3.64. The van der Waals surface area contributed by atoms with Crippen molar-refractivity contribution in [3.8, 4) is 11.3 Å². The Balaban J connectivity index is 1.32. The highest BCUT2D eigenvalue weighted by Gasteiger charge is 2.24. The Labute approximate surface area is 173 Å². The van der Waals surface area contributed by atoms with Gasteiger partial charge >= 0.3 is 0 Å². The number of likely N-dealkylation sites (tertiary alicyclic amines) is 1. The summed E-state index contributed by atoms with van der Waals surface area (Å²) >= 11 is 0. The Hall–Kier alpha value is -3.33. The van der Waals surface area contributed by atoms with Gasteiger partial charge in [-0.05, 0) is 25.0 Å². The smallest absolute Gasteiger partial charge is 0.243 e. The zero-order chi connectivity index (χ0) is 20.9. The number of primary amides is 1. The van der Waals surface area contributed by atoms with Crippen LogP contribution in [0.5, 0.6) is 0 Å². The first-order valence-corrected chi connectivity index (χ1v) is 10.0. The van der Waals surface area contributed by atoms with Gasteiger partial charge in [-0.2, -0.15) is 5.10 Å². The van der Waals surface area contributed by atoms with Gasteiger partial charge in [0.25, 0.3) is 0 Å². The van der Waals surface area contributed by atoms with E-state index in [-0.39, 0.29) is 31.6 Å². The number of amides is 2. The molecule has 0 atom stereocenters. The van der Waals surface area contributed by atoms with Crippen molar-refractivity contribution < 1.29 is 14.3 Å². The molecule has 0 bridgehead atoms. The van der Waals surface area contributed by atoms with Gasteiger partial charge in [0.2, 0.25) is 11.8 Å². The predicted octanol–water partition coefficient (Wildman–Crippen LogP) is 1.55. The summed E-state index contributed by atoms with van der Waals surface area (Å²) in [6, 6.07) is 8.02. The van der Waals surface area contributed by atoms with E-state index < -0.39 is 5.91 Å². The van der Waals surface area contributed by atoms with Gasteiger partial charge in [-0.1, -0.05) is 12.1 Å². The average molecular weight is 408 g/mol. The molecule has 1 saturated heterocycles. The Morgan fingerprint density at radius 2 is 1.90 bits per heavy atom. The monoisotopic (exact) mass is 408 g/mol. The third kappa shape index (κ3) is 4.62. The van der Waals surface area contributed by atoms with Gasteiger partial charge in [0.05, 0.1) is 48.2 Å². The third-order valence-electron chi connectivity index (χ3n) is 5.24. The van der Waals surface area contributed by atoms with Crippen molar-refractivity contribution in [2.75, 3.05) is 26.3 Å². The zero-order valence-corrected chi connectivity index (χ0v) is 16.6. The second-order valence-electron chi connectivity index (χ2n) is 7.33. The molecule has 9 nitrogen and oxygen atoms in total. The van der Waals surface area contributed by atoms with Crippen LogP contribution >= 0.6 is 0 Å². The molecule has 1 aromatic carbocycles. The van der Waals surface area contributed by atoms with Gasteiger partial charge in [0, 0.05) is 24.8 Å². The molecule has 3 aromatic rings. The van der Waals surface area contributed by atoms with Crippen LogP contribution in [0.1, 0.15) is 25.3 Å². The topological polar surface area (TPSA) is 116 Å². The summed E-state index contributed by atoms with van der Waals surface area (Å²) in [5, 5.41) is 4.53. The SMILES string of the molecule is NC(=O)COCCC(=O)N1CCC(n2cc(-c3cnc4ccccc4n3)cn2)CC1. The van der Waals surface area contributed by atoms with Crippen LogP contribution < -0.4 is 5.73 Å². The first kappa shape index (κ1) is 20.0. The van der Waals surface area contributed by atoms with Gasteiger partial charge in [0.1, 0.15) is 6.61 Å². The van der Waals surface area contributed by atoms with Crippen molar-refractivity contribution in [3.05, 3.63) is 42.9 Å². The lowest BCUT2D eigenvalue weighted by Crippen LogP contribution is -2.39. The van der Waals surface area contributed by atoms with E-state index in [2.05, 4.69) is 15.1 Å². The van der Waals surface area contributed by atoms with E-state index in [1.165, 1.54) is 0 Å². The molecule has 0 spiro atoms. The standard InChI is InChI=1S/C21H24N6O3/c22-20(28)14-30-10-7-21(29)26-8-5-16(6-9-26)27-13-15(11-24-27)19-12-23-17-3-1-2-4-18(17)25-19/h1-4,11-13,16H,5-10,14H2,(H2,22,28). The highest BCUT2D eigenvalue weighted by Crippen LogP contribution is 2.25. The summed E-state index contributed by atoms with van der Waals surface area (Å²) in [5.41, 5.74) is 8.46. The van der Waals surface area contributed by atoms with Crippen molar-refractivity contribution >= 4 is 22.8 Å². The number of piperidine rings is 1. The van der Waals surface area contributed by atoms with Gasteiger partial charge in [0.15, 0.2) is 0 Å². The van der Waals surface area contributed by atoms with Crippen molar-refractivity contribution in [2.24, 2.45) is 5.73 Å². The molecule has 0 aliphatic carbocycles. The Bertz CT molecular complexity index is 1040. The molecule has 1 aliphatic rings. The van der Waals surface area contributed by atoms with E-state index in [9.17, 15) is 9.59 Å². The van der Waals surface area contributed by atoms with Crippen LogP contribution in [-0.2, 0) is 14.3 Å². The highest BCUT2D eigenvalue weighted by atomic mass is 16.5. The van der Waals surface area contributed by atoms with E-state index in [4.69, 9.17) is 10.5 Å². The number of para-hydroxylation sites is 2. The minimum Gasteiger partial charge on any atom is -0.371 e. The molecule has 0 saturated carbocycles. The lowest BCUT2D eigenvalue weighted by atomic mass is 10.0. The number of nitrogens with zero attached hydrogens (tertiary/aromatic N) is 5. The van der Waals surface area contributed by atoms with Gasteiger partial charge in [-0.3, -0.25) is 19.3 Å². The van der Waals surface area contributed by atoms with Crippen LogP contribution in [0, 0.1) is 0 Å². The number of aromatic nitrogens is 4. The van der Waals surface area contributed by atoms with E-state index in [0.717, 1.165) is 35.1 Å². The summed E-state index contributed by atoms with van der Waals surface area (Å²) in [4.78, 5) is 33.9. The summed E-state index contributed by atoms with van der Waals surface area (Å²) in [6.07, 6.45) is 7.50. The van der Waals surface area contributed by atoms with E-state index >= 15 is 0 Å². The predicted molar refractivity (Wildman–Crippen MR) is 110 cm³/mol. The maximum absolute atomic E-state index is 12.3. The maximum Gasteiger partial charge on any atom is 0.243 e. The number of carbonyl (C=O) groups is 2. The molecule has 3 heterocycles. The number of fused-ring (bicyclic) bond motifs is 1. The molecule has 0 unspecified atom stereocenters. The normalized spacial score (nSPS) is 14.9. The quantitative estimate of drug-likeness (QED) is 0.593. The largest absolute Gasteiger partial charge is 0.371 e. The minimum absolute atomic E-state index is 0.0329. The molecule has 2 amide bonds. The number of nitrogens with two attached hydrogens (primary N) is 1. The van der Waals surface area contributed by atoms with Crippen molar-refractivity contribution in [2.45, 2.75) is 25.3 Å². The number of hydrogen-bond donors (Lipinski definition) is 1. The van der Waals surface area contributed by atoms with Crippen molar-refractivity contribution in [1.29, 1.82) is 0 Å². The van der Waals surface area contributed by atoms with Crippen LogP contribution in [0.2, 0.25) is 0 Å². The first-order valence-electron chi connectivity index (χ1n) is 10.0. The highest BCUT2D eigenvalue weighted by molar-refractivity contribution is 5.77. The fourth-order valence-corrected chi connectivity index (χ4v) is 3.64. The number of ether oxygens (including phenoxy) is 1. The molecule has 156 valence electrons. The molecule has 9 heteroatoms. The summed E-state index contributed by atoms with van der Waals surface area (Å²) in [6.45, 7) is 1.39. The second-order valence-corrected chi connectivity index (χ2v) is 7.33. The maximum atomic E-state index is 12.3. The number of carbonyl (C=O) groups excluding carboxylic acids is 2. The van der Waals surface area contributed by atoms with E-state index in [1.807, 2.05) is 46.2 Å². The lowest BCUT2D eigenvalue weighted by molar-refractivity contribution is -0.134. The Morgan fingerprint density at radius 1 is 1.13 bits per heavy atom. The second kappa shape index (κ2) is 9.00. The Kier molecular flexibility index (Phi) is 5.99. The third-order valence-corrected chi connectivity index (χ3v) is 5.24. The molecular formula is C21H24N6O3. The molecule has 1 fully saturated rings. The summed E-state index contributed by atoms with van der Waals surface area (Å²) in [5.74, 6) is -0.498. The molecule has 4 rings (SSSR count). The summed E-state index contributed by atoms with van der Waals surface area (Å²) in [7, 11) is 0. The van der Waals surface area contributed by atoms with Crippen molar-refractivity contribution in [1.82, 2.24) is 24.6 Å². The molecule has 2 aromatic heterocycles. The average Bonchev–Trinajstić information content (AvgIpc) is 3.26. The van der Waals surface area contributed by atoms with E-state index in [1.54, 1.807) is 6.20 Å². The summed E-state index contributed by atoms with van der Waals surface area (Å²) < 4.78 is 7.03. The van der Waals surface area contributed by atoms with Gasteiger partial charge < -0.3 is 15.4 Å². The van der Waals surface area contributed by atoms with Crippen LogP contribution in [-0.4, -0.2) is 62.8 Å². The molecule has 1 aliphatic heterocycles. The lowest BCUT2D eigenvalue weighted by Gasteiger charge is -2.32. The number of rotatable bonds is 7. The molecule has 30 heavy (non-hydrogen) atoms. The van der Waals surface area contributed by atoms with Crippen LogP contribution in [0.3, 0.4) is 0 Å². The van der Waals surface area contributed by atoms with Gasteiger partial charge in [-0.15, -0.1) is 0 Å². The van der Waals surface area contributed by atoms with E-state index in [0.29, 0.717) is 13.1 Å². The van der Waals surface area contributed by atoms with Crippen molar-refractivity contribution in [3.63, 3.8) is 0 Å². The van der Waals surface area contributed by atoms with Crippen LogP contribution in [0.4, 0.5) is 0 Å². The molecular weight excluding hydrogens is 384 g/mol. The van der Waals surface area contributed by atoms with Crippen LogP contribution in [0.15, 0.2) is 42.9 Å². The fraction of sp³-hybridized carbons (Fsp3) is 0.381. The molecule has 2 N–H and O–H groups in total.